The van der Waals surface area contributed by atoms with Crippen molar-refractivity contribution >= 4 is 18.1 Å². The summed E-state index contributed by atoms with van der Waals surface area (Å²) in [6.45, 7) is 3.92. The van der Waals surface area contributed by atoms with E-state index in [4.69, 9.17) is 9.47 Å². The molecule has 196 valence electrons. The lowest BCUT2D eigenvalue weighted by Gasteiger charge is -2.50. The number of cyclic esters (lactones) is 1. The number of ether oxygens (including phenoxy) is 2. The third-order valence-electron chi connectivity index (χ3n) is 8.26. The van der Waals surface area contributed by atoms with Gasteiger partial charge in [-0.2, -0.15) is 0 Å². The summed E-state index contributed by atoms with van der Waals surface area (Å²) in [5.74, 6) is -0.990. The Labute approximate surface area is 216 Å². The van der Waals surface area contributed by atoms with E-state index in [1.165, 1.54) is 12.1 Å². The maximum absolute atomic E-state index is 13.6. The van der Waals surface area contributed by atoms with Gasteiger partial charge in [-0.15, -0.1) is 0 Å². The summed E-state index contributed by atoms with van der Waals surface area (Å²) in [5, 5.41) is 14.5. The zero-order chi connectivity index (χ0) is 26.2. The maximum Gasteiger partial charge on any atom is 0.407 e. The van der Waals surface area contributed by atoms with Crippen molar-refractivity contribution in [1.82, 2.24) is 10.3 Å². The molecule has 8 heteroatoms. The highest BCUT2D eigenvalue weighted by Gasteiger charge is 2.63. The Morgan fingerprint density at radius 1 is 1.30 bits per heavy atom. The number of pyridine rings is 1. The fraction of sp³-hybridized carbons (Fsp3) is 0.483. The van der Waals surface area contributed by atoms with E-state index in [1.54, 1.807) is 19.2 Å². The topological polar surface area (TPSA) is 97.8 Å². The van der Waals surface area contributed by atoms with E-state index in [9.17, 15) is 19.1 Å². The normalized spacial score (nSPS) is 32.9. The first-order valence-corrected chi connectivity index (χ1v) is 13.1. The molecule has 2 aliphatic carbocycles. The van der Waals surface area contributed by atoms with Crippen LogP contribution in [0.4, 0.5) is 9.18 Å². The van der Waals surface area contributed by atoms with Crippen molar-refractivity contribution in [3.8, 4) is 11.1 Å². The van der Waals surface area contributed by atoms with Gasteiger partial charge in [-0.25, -0.2) is 14.0 Å². The summed E-state index contributed by atoms with van der Waals surface area (Å²) >= 11 is 0. The van der Waals surface area contributed by atoms with E-state index >= 15 is 0 Å². The molecule has 3 aliphatic rings. The van der Waals surface area contributed by atoms with Crippen LogP contribution in [0.3, 0.4) is 0 Å². The predicted octanol–water partition coefficient (Wildman–Crippen LogP) is 4.74. The molecule has 5 rings (SSSR count). The minimum atomic E-state index is -1.55. The van der Waals surface area contributed by atoms with Gasteiger partial charge in [0, 0.05) is 23.7 Å². The van der Waals surface area contributed by atoms with E-state index in [1.807, 2.05) is 31.2 Å². The lowest BCUT2D eigenvalue weighted by Crippen LogP contribution is -2.56. The van der Waals surface area contributed by atoms with Crippen molar-refractivity contribution < 1.29 is 28.6 Å². The maximum atomic E-state index is 13.6. The average molecular weight is 509 g/mol. The number of fused-ring (bicyclic) bond motifs is 2. The first-order valence-electron chi connectivity index (χ1n) is 13.1. The second-order valence-corrected chi connectivity index (χ2v) is 10.5. The van der Waals surface area contributed by atoms with Gasteiger partial charge < -0.3 is 19.9 Å². The highest BCUT2D eigenvalue weighted by atomic mass is 19.1. The quantitative estimate of drug-likeness (QED) is 0.566. The van der Waals surface area contributed by atoms with E-state index in [2.05, 4.69) is 16.4 Å². The van der Waals surface area contributed by atoms with Gasteiger partial charge >= 0.3 is 12.1 Å². The first kappa shape index (κ1) is 25.4. The van der Waals surface area contributed by atoms with Gasteiger partial charge in [0.2, 0.25) is 0 Å². The largest absolute Gasteiger partial charge is 0.460 e. The fourth-order valence-electron chi connectivity index (χ4n) is 6.70. The van der Waals surface area contributed by atoms with Crippen LogP contribution in [0.15, 0.2) is 48.7 Å². The molecule has 1 amide bonds. The summed E-state index contributed by atoms with van der Waals surface area (Å²) < 4.78 is 24.2. The number of carbonyl (C=O) groups is 2. The Bertz CT molecular complexity index is 1190. The molecule has 1 aromatic carbocycles. The predicted molar refractivity (Wildman–Crippen MR) is 136 cm³/mol. The molecule has 2 N–H and O–H groups in total. The summed E-state index contributed by atoms with van der Waals surface area (Å²) in [7, 11) is 0. The molecule has 1 aliphatic heterocycles. The number of benzene rings is 1. The minimum Gasteiger partial charge on any atom is -0.460 e. The van der Waals surface area contributed by atoms with Crippen LogP contribution in [0, 0.1) is 29.5 Å². The van der Waals surface area contributed by atoms with Gasteiger partial charge in [0.25, 0.3) is 0 Å². The molecule has 0 bridgehead atoms. The second kappa shape index (κ2) is 10.2. The Morgan fingerprint density at radius 2 is 2.14 bits per heavy atom. The lowest BCUT2D eigenvalue weighted by atomic mass is 9.55. The van der Waals surface area contributed by atoms with Gasteiger partial charge in [0.05, 0.1) is 12.3 Å². The number of aliphatic hydroxyl groups is 1. The molecule has 0 spiro atoms. The van der Waals surface area contributed by atoms with Gasteiger partial charge in [-0.1, -0.05) is 24.3 Å². The number of halogens is 1. The monoisotopic (exact) mass is 508 g/mol. The number of nitrogens with zero attached hydrogens (tertiary/aromatic N) is 1. The van der Waals surface area contributed by atoms with E-state index < -0.39 is 23.8 Å². The number of rotatable bonds is 5. The number of carbonyl (C=O) groups excluding carboxylic acids is 2. The molecule has 3 fully saturated rings. The van der Waals surface area contributed by atoms with Crippen LogP contribution in [-0.4, -0.2) is 46.5 Å². The standard InChI is InChI=1S/C29H33FN2O5/c1-3-36-28(34)32-23-10-11-24-20(14-23)15-29(35)26(17(2)37-27(29)33)25(24)12-9-22-8-7-19(16-31-22)18-5-4-6-21(30)13-18/h4-9,12-13,16-17,20,23-26,35H,3,10-11,14-15H2,1-2H3,(H,32,34)/t17-,20+,23-,24-,25?,26+,29+/m1/s1. The second-order valence-electron chi connectivity index (χ2n) is 10.5. The number of hydrogen-bond donors (Lipinski definition) is 2. The summed E-state index contributed by atoms with van der Waals surface area (Å²) in [6.07, 6.45) is 7.54. The van der Waals surface area contributed by atoms with Gasteiger partial charge in [0.1, 0.15) is 11.9 Å². The number of amides is 1. The van der Waals surface area contributed by atoms with Crippen LogP contribution < -0.4 is 5.32 Å². The van der Waals surface area contributed by atoms with Crippen molar-refractivity contribution in [3.63, 3.8) is 0 Å². The summed E-state index contributed by atoms with van der Waals surface area (Å²) in [4.78, 5) is 29.3. The number of aromatic nitrogens is 1. The SMILES string of the molecule is CCOC(=O)N[C@@H]1CC[C@H]2C(C=Cc3ccc(-c4cccc(F)c4)cn3)[C@@H]3[C@@H](C)OC(=O)[C@]3(O)C[C@@H]2C1. The third kappa shape index (κ3) is 4.99. The number of nitrogens with one attached hydrogen (secondary N) is 1. The van der Waals surface area contributed by atoms with Crippen molar-refractivity contribution in [2.24, 2.45) is 23.7 Å². The molecule has 37 heavy (non-hydrogen) atoms. The Hall–Kier alpha value is -3.26. The Balaban J connectivity index is 1.37. The van der Waals surface area contributed by atoms with Crippen LogP contribution in [0.25, 0.3) is 17.2 Å². The molecule has 1 unspecified atom stereocenters. The number of esters is 1. The molecule has 7 nitrogen and oxygen atoms in total. The number of hydrogen-bond acceptors (Lipinski definition) is 6. The average Bonchev–Trinajstić information content (AvgIpc) is 3.09. The summed E-state index contributed by atoms with van der Waals surface area (Å²) in [6, 6.07) is 10.1. The van der Waals surface area contributed by atoms with Crippen molar-refractivity contribution in [1.29, 1.82) is 0 Å². The van der Waals surface area contributed by atoms with Crippen molar-refractivity contribution in [2.75, 3.05) is 6.61 Å². The number of allylic oxidation sites excluding steroid dienone is 1. The lowest BCUT2D eigenvalue weighted by molar-refractivity contribution is -0.162. The van der Waals surface area contributed by atoms with Gasteiger partial charge in [-0.3, -0.25) is 4.98 Å². The number of alkyl carbamates (subject to hydrolysis) is 1. The van der Waals surface area contributed by atoms with Gasteiger partial charge in [-0.05, 0) is 87.1 Å². The van der Waals surface area contributed by atoms with Crippen LogP contribution >= 0.6 is 0 Å². The zero-order valence-electron chi connectivity index (χ0n) is 21.1. The molecular formula is C29H33FN2O5. The van der Waals surface area contributed by atoms with Gasteiger partial charge in [0.15, 0.2) is 5.60 Å². The van der Waals surface area contributed by atoms with Crippen LogP contribution in [0.5, 0.6) is 0 Å². The highest BCUT2D eigenvalue weighted by Crippen LogP contribution is 2.55. The molecule has 0 radical (unpaired) electrons. The molecule has 2 heterocycles. The van der Waals surface area contributed by atoms with E-state index in [0.717, 1.165) is 29.7 Å². The zero-order valence-corrected chi connectivity index (χ0v) is 21.1. The molecule has 7 atom stereocenters. The van der Waals surface area contributed by atoms with Crippen molar-refractivity contribution in [2.45, 2.75) is 57.3 Å². The van der Waals surface area contributed by atoms with Crippen LogP contribution in [0.2, 0.25) is 0 Å². The fourth-order valence-corrected chi connectivity index (χ4v) is 6.70. The molecule has 2 saturated carbocycles. The molecule has 2 aromatic rings. The first-order chi connectivity index (χ1) is 17.8. The highest BCUT2D eigenvalue weighted by molar-refractivity contribution is 5.82. The smallest absolute Gasteiger partial charge is 0.407 e. The van der Waals surface area contributed by atoms with E-state index in [-0.39, 0.29) is 35.5 Å². The van der Waals surface area contributed by atoms with Crippen molar-refractivity contribution in [3.05, 3.63) is 60.2 Å². The van der Waals surface area contributed by atoms with Crippen LogP contribution in [0.1, 0.15) is 45.2 Å². The Kier molecular flexibility index (Phi) is 7.03. The summed E-state index contributed by atoms with van der Waals surface area (Å²) in [5.41, 5.74) is 0.767. The van der Waals surface area contributed by atoms with E-state index in [0.29, 0.717) is 19.4 Å². The third-order valence-corrected chi connectivity index (χ3v) is 8.26. The van der Waals surface area contributed by atoms with Crippen LogP contribution in [-0.2, 0) is 14.3 Å². The molecule has 1 aromatic heterocycles. The molecular weight excluding hydrogens is 475 g/mol. The molecule has 1 saturated heterocycles. The Morgan fingerprint density at radius 3 is 2.86 bits per heavy atom. The minimum absolute atomic E-state index is 0.0535.